The van der Waals surface area contributed by atoms with Gasteiger partial charge in [-0.3, -0.25) is 0 Å². The number of aliphatic carboxylic acids is 1. The van der Waals surface area contributed by atoms with Crippen LogP contribution >= 0.6 is 11.8 Å². The van der Waals surface area contributed by atoms with Gasteiger partial charge in [-0.05, 0) is 23.9 Å². The largest absolute Gasteiger partial charge is 0.493 e. The molecule has 0 saturated carbocycles. The number of hydrogen-bond acceptors (Lipinski definition) is 7. The van der Waals surface area contributed by atoms with E-state index in [2.05, 4.69) is 10.2 Å². The third kappa shape index (κ3) is 3.59. The molecule has 0 spiro atoms. The molecule has 0 aliphatic carbocycles. The Morgan fingerprint density at radius 2 is 2.09 bits per heavy atom. The van der Waals surface area contributed by atoms with Crippen LogP contribution in [0.1, 0.15) is 11.5 Å². The van der Waals surface area contributed by atoms with Crippen LogP contribution in [-0.2, 0) is 4.79 Å². The number of benzene rings is 1. The Labute approximate surface area is 130 Å². The van der Waals surface area contributed by atoms with Crippen molar-refractivity contribution in [2.45, 2.75) is 12.1 Å². The highest BCUT2D eigenvalue weighted by molar-refractivity contribution is 8.03. The van der Waals surface area contributed by atoms with E-state index in [-0.39, 0.29) is 10.1 Å². The van der Waals surface area contributed by atoms with Crippen molar-refractivity contribution in [1.29, 1.82) is 0 Å². The standard InChI is InChI=1S/C14H14N2O5S/c1-8-15-16-14(21-8)22-11(13(17)18)7-9-5-4-6-10(19-2)12(9)20-3/h4-7H,1-3H3,(H,17,18)/b11-7-. The van der Waals surface area contributed by atoms with Crippen molar-refractivity contribution in [3.63, 3.8) is 0 Å². The van der Waals surface area contributed by atoms with E-state index in [1.54, 1.807) is 25.1 Å². The van der Waals surface area contributed by atoms with Crippen LogP contribution in [0.2, 0.25) is 0 Å². The number of para-hydroxylation sites is 1. The summed E-state index contributed by atoms with van der Waals surface area (Å²) in [6.07, 6.45) is 1.47. The predicted molar refractivity (Wildman–Crippen MR) is 80.1 cm³/mol. The maximum absolute atomic E-state index is 11.4. The number of nitrogens with zero attached hydrogens (tertiary/aromatic N) is 2. The third-order valence-corrected chi connectivity index (χ3v) is 3.49. The van der Waals surface area contributed by atoms with Gasteiger partial charge in [-0.15, -0.1) is 10.2 Å². The summed E-state index contributed by atoms with van der Waals surface area (Å²) in [5, 5.41) is 16.9. The molecule has 0 aliphatic heterocycles. The van der Waals surface area contributed by atoms with Crippen molar-refractivity contribution in [2.75, 3.05) is 14.2 Å². The first-order valence-corrected chi connectivity index (χ1v) is 7.00. The normalized spacial score (nSPS) is 11.3. The Morgan fingerprint density at radius 1 is 1.32 bits per heavy atom. The molecule has 1 N–H and O–H groups in total. The van der Waals surface area contributed by atoms with Crippen molar-refractivity contribution in [2.24, 2.45) is 0 Å². The van der Waals surface area contributed by atoms with Gasteiger partial charge in [-0.2, -0.15) is 0 Å². The lowest BCUT2D eigenvalue weighted by molar-refractivity contribution is -0.131. The molecule has 8 heteroatoms. The molecule has 1 heterocycles. The molecule has 1 aromatic heterocycles. The van der Waals surface area contributed by atoms with Gasteiger partial charge in [-0.1, -0.05) is 12.1 Å². The Hall–Kier alpha value is -2.48. The van der Waals surface area contributed by atoms with Crippen LogP contribution in [0.4, 0.5) is 0 Å². The number of thioether (sulfide) groups is 1. The topological polar surface area (TPSA) is 94.7 Å². The molecule has 0 amide bonds. The second kappa shape index (κ2) is 6.99. The Balaban J connectivity index is 2.40. The van der Waals surface area contributed by atoms with Gasteiger partial charge in [-0.25, -0.2) is 4.79 Å². The fraction of sp³-hybridized carbons (Fsp3) is 0.214. The molecule has 116 valence electrons. The number of carboxylic acid groups (broad SMARTS) is 1. The van der Waals surface area contributed by atoms with E-state index in [1.807, 2.05) is 0 Å². The second-order valence-electron chi connectivity index (χ2n) is 4.09. The zero-order chi connectivity index (χ0) is 16.1. The number of methoxy groups -OCH3 is 2. The fourth-order valence-electron chi connectivity index (χ4n) is 1.72. The van der Waals surface area contributed by atoms with Crippen LogP contribution in [0.3, 0.4) is 0 Å². The highest BCUT2D eigenvalue weighted by atomic mass is 32.2. The minimum absolute atomic E-state index is 0.0233. The van der Waals surface area contributed by atoms with Crippen LogP contribution < -0.4 is 9.47 Å². The summed E-state index contributed by atoms with van der Waals surface area (Å²) >= 11 is 0.870. The molecule has 0 saturated heterocycles. The first-order chi connectivity index (χ1) is 10.5. The van der Waals surface area contributed by atoms with E-state index in [9.17, 15) is 9.90 Å². The van der Waals surface area contributed by atoms with Gasteiger partial charge in [0.05, 0.1) is 14.2 Å². The number of carboxylic acids is 1. The molecule has 2 aromatic rings. The monoisotopic (exact) mass is 322 g/mol. The van der Waals surface area contributed by atoms with Gasteiger partial charge < -0.3 is 19.0 Å². The van der Waals surface area contributed by atoms with Crippen molar-refractivity contribution in [3.8, 4) is 11.5 Å². The summed E-state index contributed by atoms with van der Waals surface area (Å²) < 4.78 is 15.7. The first-order valence-electron chi connectivity index (χ1n) is 6.19. The van der Waals surface area contributed by atoms with Crippen LogP contribution in [-0.4, -0.2) is 35.5 Å². The molecule has 0 unspecified atom stereocenters. The lowest BCUT2D eigenvalue weighted by Crippen LogP contribution is -1.98. The van der Waals surface area contributed by atoms with Gasteiger partial charge in [0.2, 0.25) is 5.89 Å². The minimum Gasteiger partial charge on any atom is -0.493 e. The van der Waals surface area contributed by atoms with Gasteiger partial charge >= 0.3 is 5.97 Å². The molecular formula is C14H14N2O5S. The number of hydrogen-bond donors (Lipinski definition) is 1. The average Bonchev–Trinajstić information content (AvgIpc) is 2.91. The fourth-order valence-corrected chi connectivity index (χ4v) is 2.42. The summed E-state index contributed by atoms with van der Waals surface area (Å²) in [4.78, 5) is 11.4. The van der Waals surface area contributed by atoms with Gasteiger partial charge in [0.1, 0.15) is 4.91 Å². The SMILES string of the molecule is COc1cccc(/C=C(\Sc2nnc(C)o2)C(=O)O)c1OC. The quantitative estimate of drug-likeness (QED) is 0.640. The Morgan fingerprint density at radius 3 is 2.64 bits per heavy atom. The summed E-state index contributed by atoms with van der Waals surface area (Å²) in [5.41, 5.74) is 0.572. The summed E-state index contributed by atoms with van der Waals surface area (Å²) in [6, 6.07) is 5.20. The molecule has 0 aliphatic rings. The summed E-state index contributed by atoms with van der Waals surface area (Å²) in [7, 11) is 3.00. The molecule has 2 rings (SSSR count). The highest BCUT2D eigenvalue weighted by Crippen LogP contribution is 2.35. The van der Waals surface area contributed by atoms with Gasteiger partial charge in [0.25, 0.3) is 5.22 Å². The predicted octanol–water partition coefficient (Wildman–Crippen LogP) is 2.61. The lowest BCUT2D eigenvalue weighted by Gasteiger charge is -2.10. The minimum atomic E-state index is -1.11. The van der Waals surface area contributed by atoms with E-state index in [1.165, 1.54) is 20.3 Å². The van der Waals surface area contributed by atoms with E-state index in [0.29, 0.717) is 23.0 Å². The number of rotatable bonds is 6. The van der Waals surface area contributed by atoms with Crippen molar-refractivity contribution in [3.05, 3.63) is 34.6 Å². The molecule has 7 nitrogen and oxygen atoms in total. The number of aryl methyl sites for hydroxylation is 1. The van der Waals surface area contributed by atoms with Gasteiger partial charge in [0.15, 0.2) is 11.5 Å². The zero-order valence-corrected chi connectivity index (χ0v) is 13.0. The van der Waals surface area contributed by atoms with E-state index in [0.717, 1.165) is 11.8 Å². The maximum atomic E-state index is 11.4. The Kier molecular flexibility index (Phi) is 5.05. The highest BCUT2D eigenvalue weighted by Gasteiger charge is 2.16. The Bertz CT molecular complexity index is 711. The number of carbonyl (C=O) groups is 1. The molecule has 0 atom stereocenters. The lowest BCUT2D eigenvalue weighted by atomic mass is 10.1. The van der Waals surface area contributed by atoms with Crippen LogP contribution in [0.25, 0.3) is 6.08 Å². The van der Waals surface area contributed by atoms with E-state index in [4.69, 9.17) is 13.9 Å². The summed E-state index contributed by atoms with van der Waals surface area (Å²) in [6.45, 7) is 1.63. The van der Waals surface area contributed by atoms with Crippen molar-refractivity contribution < 1.29 is 23.8 Å². The second-order valence-corrected chi connectivity index (χ2v) is 5.08. The van der Waals surface area contributed by atoms with Crippen molar-refractivity contribution in [1.82, 2.24) is 10.2 Å². The molecular weight excluding hydrogens is 308 g/mol. The number of ether oxygens (including phenoxy) is 2. The van der Waals surface area contributed by atoms with E-state index < -0.39 is 5.97 Å². The maximum Gasteiger partial charge on any atom is 0.342 e. The van der Waals surface area contributed by atoms with E-state index >= 15 is 0 Å². The van der Waals surface area contributed by atoms with Crippen LogP contribution in [0.15, 0.2) is 32.7 Å². The first kappa shape index (κ1) is 15.9. The van der Waals surface area contributed by atoms with Crippen LogP contribution in [0.5, 0.6) is 11.5 Å². The summed E-state index contributed by atoms with van der Waals surface area (Å²) in [5.74, 6) is 0.225. The molecule has 0 bridgehead atoms. The van der Waals surface area contributed by atoms with Crippen molar-refractivity contribution >= 4 is 23.8 Å². The third-order valence-electron chi connectivity index (χ3n) is 2.64. The number of aromatic nitrogens is 2. The zero-order valence-electron chi connectivity index (χ0n) is 12.2. The average molecular weight is 322 g/mol. The van der Waals surface area contributed by atoms with Gasteiger partial charge in [0, 0.05) is 12.5 Å². The molecule has 22 heavy (non-hydrogen) atoms. The van der Waals surface area contributed by atoms with Crippen LogP contribution in [0, 0.1) is 6.92 Å². The molecule has 0 fully saturated rings. The molecule has 0 radical (unpaired) electrons. The smallest absolute Gasteiger partial charge is 0.342 e. The molecule has 1 aromatic carbocycles.